The Morgan fingerprint density at radius 1 is 0.274 bits per heavy atom. The van der Waals surface area contributed by atoms with E-state index in [9.17, 15) is 0 Å². The predicted octanol–water partition coefficient (Wildman–Crippen LogP) is 18.0. The smallest absolute Gasteiger partial charge is 0.0725 e. The van der Waals surface area contributed by atoms with E-state index in [2.05, 4.69) is 277 Å². The molecule has 0 fully saturated rings. The molecule has 16 rings (SSSR count). The van der Waals surface area contributed by atoms with Crippen molar-refractivity contribution in [2.75, 3.05) is 4.90 Å². The zero-order valence-electron chi connectivity index (χ0n) is 40.5. The highest BCUT2D eigenvalue weighted by atomic mass is 15.1. The first kappa shape index (κ1) is 40.5. The Balaban J connectivity index is 0.959. The lowest BCUT2D eigenvalue weighted by atomic mass is 9.70. The van der Waals surface area contributed by atoms with Crippen molar-refractivity contribution in [3.8, 4) is 44.8 Å². The Labute approximate surface area is 424 Å². The molecule has 0 aliphatic heterocycles. The first-order valence-corrected chi connectivity index (χ1v) is 25.6. The minimum absolute atomic E-state index is 0.128. The number of fused-ring (bicyclic) bond motifs is 19. The molecule has 3 aliphatic rings. The maximum Gasteiger partial charge on any atom is 0.0725 e. The number of nitrogens with zero attached hydrogens (tertiary/aromatic N) is 3. The Morgan fingerprint density at radius 2 is 0.685 bits per heavy atom. The number of aromatic nitrogens is 2. The van der Waals surface area contributed by atoms with Crippen molar-refractivity contribution >= 4 is 60.7 Å². The number of rotatable bonds is 5. The molecule has 3 nitrogen and oxygen atoms in total. The Morgan fingerprint density at radius 3 is 1.27 bits per heavy atom. The number of hydrogen-bond acceptors (Lipinski definition) is 1. The summed E-state index contributed by atoms with van der Waals surface area (Å²) < 4.78 is 4.93. The summed E-state index contributed by atoms with van der Waals surface area (Å²) in [5.41, 5.74) is 25.7. The van der Waals surface area contributed by atoms with Gasteiger partial charge in [-0.15, -0.1) is 0 Å². The van der Waals surface area contributed by atoms with Crippen LogP contribution in [-0.4, -0.2) is 9.13 Å². The van der Waals surface area contributed by atoms with Crippen molar-refractivity contribution in [3.05, 3.63) is 282 Å². The molecule has 2 aromatic heterocycles. The van der Waals surface area contributed by atoms with Gasteiger partial charge in [0.2, 0.25) is 0 Å². The molecule has 73 heavy (non-hydrogen) atoms. The van der Waals surface area contributed by atoms with Gasteiger partial charge in [-0.1, -0.05) is 190 Å². The topological polar surface area (TPSA) is 13.1 Å². The number of hydrogen-bond donors (Lipinski definition) is 0. The van der Waals surface area contributed by atoms with Crippen LogP contribution in [0.3, 0.4) is 0 Å². The fourth-order valence-corrected chi connectivity index (χ4v) is 13.8. The van der Waals surface area contributed by atoms with Gasteiger partial charge in [0.25, 0.3) is 0 Å². The molecule has 13 aromatic rings. The van der Waals surface area contributed by atoms with E-state index < -0.39 is 5.41 Å². The highest BCUT2D eigenvalue weighted by Crippen LogP contribution is 2.63. The fraction of sp³-hybridized carbons (Fsp3) is 0.0571. The van der Waals surface area contributed by atoms with Crippen LogP contribution in [0, 0.1) is 0 Å². The monoisotopic (exact) mass is 929 g/mol. The average Bonchev–Trinajstić information content (AvgIpc) is 4.19. The molecular weight excluding hydrogens is 883 g/mol. The molecule has 0 N–H and O–H groups in total. The third-order valence-electron chi connectivity index (χ3n) is 16.9. The molecule has 3 aliphatic carbocycles. The summed E-state index contributed by atoms with van der Waals surface area (Å²) >= 11 is 0. The molecule has 11 aromatic carbocycles. The van der Waals surface area contributed by atoms with Crippen LogP contribution in [0.5, 0.6) is 0 Å². The van der Waals surface area contributed by atoms with E-state index in [0.29, 0.717) is 0 Å². The minimum Gasteiger partial charge on any atom is -0.310 e. The molecule has 0 radical (unpaired) electrons. The van der Waals surface area contributed by atoms with E-state index in [1.165, 1.54) is 111 Å². The maximum atomic E-state index is 2.50. The lowest BCUT2D eigenvalue weighted by molar-refractivity contribution is 0.660. The molecule has 342 valence electrons. The van der Waals surface area contributed by atoms with Gasteiger partial charge in [0, 0.05) is 55.4 Å². The van der Waals surface area contributed by atoms with Crippen LogP contribution in [0.1, 0.15) is 47.2 Å². The van der Waals surface area contributed by atoms with Crippen molar-refractivity contribution in [3.63, 3.8) is 0 Å². The fourth-order valence-electron chi connectivity index (χ4n) is 13.8. The lowest BCUT2D eigenvalue weighted by Gasteiger charge is -2.31. The van der Waals surface area contributed by atoms with E-state index in [-0.39, 0.29) is 5.41 Å². The maximum absolute atomic E-state index is 2.50. The molecule has 0 atom stereocenters. The second kappa shape index (κ2) is 14.7. The van der Waals surface area contributed by atoms with Crippen LogP contribution in [-0.2, 0) is 10.8 Å². The molecule has 0 saturated carbocycles. The highest BCUT2D eigenvalue weighted by Gasteiger charge is 2.51. The van der Waals surface area contributed by atoms with Crippen molar-refractivity contribution in [1.29, 1.82) is 0 Å². The van der Waals surface area contributed by atoms with Crippen LogP contribution in [0.15, 0.2) is 249 Å². The Kier molecular flexibility index (Phi) is 8.16. The van der Waals surface area contributed by atoms with Crippen molar-refractivity contribution < 1.29 is 0 Å². The summed E-state index contributed by atoms with van der Waals surface area (Å²) in [7, 11) is 0. The van der Waals surface area contributed by atoms with Gasteiger partial charge in [-0.05, 0) is 140 Å². The van der Waals surface area contributed by atoms with Gasteiger partial charge in [-0.3, -0.25) is 0 Å². The summed E-state index contributed by atoms with van der Waals surface area (Å²) in [5.74, 6) is 0. The number of anilines is 3. The third kappa shape index (κ3) is 5.33. The van der Waals surface area contributed by atoms with E-state index in [0.717, 1.165) is 28.3 Å². The summed E-state index contributed by atoms with van der Waals surface area (Å²) in [6.45, 7) is 4.75. The van der Waals surface area contributed by atoms with Gasteiger partial charge in [-0.25, -0.2) is 0 Å². The number of benzene rings is 11. The highest BCUT2D eigenvalue weighted by molar-refractivity contribution is 6.12. The largest absolute Gasteiger partial charge is 0.310 e. The van der Waals surface area contributed by atoms with Crippen LogP contribution < -0.4 is 4.90 Å². The van der Waals surface area contributed by atoms with Crippen molar-refractivity contribution in [2.24, 2.45) is 0 Å². The van der Waals surface area contributed by atoms with Crippen LogP contribution >= 0.6 is 0 Å². The van der Waals surface area contributed by atoms with Crippen LogP contribution in [0.4, 0.5) is 17.1 Å². The van der Waals surface area contributed by atoms with E-state index in [1.54, 1.807) is 0 Å². The molecule has 0 amide bonds. The number of para-hydroxylation sites is 3. The average molecular weight is 930 g/mol. The first-order chi connectivity index (χ1) is 36.0. The Bertz CT molecular complexity index is 4440. The zero-order chi connectivity index (χ0) is 48.2. The van der Waals surface area contributed by atoms with Crippen molar-refractivity contribution in [1.82, 2.24) is 9.13 Å². The SMILES string of the molecule is CC1(C)c2ccccc2-c2ccc(-n3c4ccccc4c4ccc(N(c5ccc6c(c5)-c5ccccc5C65c6ccccc6-c6ccccc65)c5ccc6c7ccccc7n(-c7ccccc7)c6c5)cc43)cc21. The molecule has 0 bridgehead atoms. The van der Waals surface area contributed by atoms with Crippen LogP contribution in [0.25, 0.3) is 88.4 Å². The minimum atomic E-state index is -0.427. The lowest BCUT2D eigenvalue weighted by Crippen LogP contribution is -2.25. The summed E-state index contributed by atoms with van der Waals surface area (Å²) in [5, 5.41) is 4.93. The molecule has 3 heteroatoms. The van der Waals surface area contributed by atoms with Gasteiger partial charge < -0.3 is 14.0 Å². The van der Waals surface area contributed by atoms with E-state index in [1.807, 2.05) is 0 Å². The molecule has 2 heterocycles. The predicted molar refractivity (Wildman–Crippen MR) is 304 cm³/mol. The van der Waals surface area contributed by atoms with E-state index >= 15 is 0 Å². The third-order valence-corrected chi connectivity index (χ3v) is 16.9. The second-order valence-electron chi connectivity index (χ2n) is 20.8. The zero-order valence-corrected chi connectivity index (χ0v) is 40.5. The standard InChI is InChI=1S/C70H47N3/c1-69(2)59-26-12-6-20-49(59)53-36-32-46(41-64(53)69)73-66-31-17-11-25-55(66)57-38-34-48(43-68(57)73)71(47-33-37-56-54-24-10-16-30-65(54)72(67(56)42-47)44-18-4-3-5-19-44)45-35-39-63-58(40-45)52-23-9-15-29-62(52)70(63)60-27-13-7-21-50(60)51-22-8-14-28-61(51)70/h3-43H,1-2H3. The quantitative estimate of drug-likeness (QED) is 0.168. The van der Waals surface area contributed by atoms with Gasteiger partial charge in [0.05, 0.1) is 27.5 Å². The molecule has 1 spiro atoms. The Hall–Kier alpha value is -9.18. The summed E-state index contributed by atoms with van der Waals surface area (Å²) in [6, 6.07) is 93.4. The normalized spacial score (nSPS) is 14.1. The molecular formula is C70H47N3. The van der Waals surface area contributed by atoms with E-state index in [4.69, 9.17) is 0 Å². The van der Waals surface area contributed by atoms with Gasteiger partial charge in [0.1, 0.15) is 0 Å². The van der Waals surface area contributed by atoms with Gasteiger partial charge in [0.15, 0.2) is 0 Å². The van der Waals surface area contributed by atoms with Gasteiger partial charge >= 0.3 is 0 Å². The molecule has 0 unspecified atom stereocenters. The second-order valence-corrected chi connectivity index (χ2v) is 20.8. The molecule has 0 saturated heterocycles. The summed E-state index contributed by atoms with van der Waals surface area (Å²) in [6.07, 6.45) is 0. The van der Waals surface area contributed by atoms with Gasteiger partial charge in [-0.2, -0.15) is 0 Å². The summed E-state index contributed by atoms with van der Waals surface area (Å²) in [4.78, 5) is 2.50. The first-order valence-electron chi connectivity index (χ1n) is 25.6. The van der Waals surface area contributed by atoms with Crippen molar-refractivity contribution in [2.45, 2.75) is 24.7 Å². The van der Waals surface area contributed by atoms with Crippen LogP contribution in [0.2, 0.25) is 0 Å².